The Hall–Kier alpha value is -4.44. The number of carbonyl (C=O) groups excluding carboxylic acids is 2. The zero-order chi connectivity index (χ0) is 25.1. The van der Waals surface area contributed by atoms with Gasteiger partial charge in [-0.1, -0.05) is 0 Å². The third-order valence-electron chi connectivity index (χ3n) is 5.90. The quantitative estimate of drug-likeness (QED) is 0.426. The predicted octanol–water partition coefficient (Wildman–Crippen LogP) is 3.20. The van der Waals surface area contributed by atoms with Crippen molar-refractivity contribution >= 4 is 28.7 Å². The largest absolute Gasteiger partial charge is 0.493 e. The summed E-state index contributed by atoms with van der Waals surface area (Å²) >= 11 is 0. The van der Waals surface area contributed by atoms with E-state index >= 15 is 0 Å². The number of pyridine rings is 1. The molecule has 1 aliphatic rings. The SMILES string of the molecule is COc1ccc(C(=O)Nc2cc(C(=O)N3CCNCC3)cc(-c3nc4ncccc4o3)c2)cc1OC. The number of fused-ring (bicyclic) bond motifs is 1. The number of oxazole rings is 1. The van der Waals surface area contributed by atoms with Crippen LogP contribution in [0.2, 0.25) is 0 Å². The number of rotatable bonds is 6. The number of ether oxygens (including phenoxy) is 2. The van der Waals surface area contributed by atoms with Gasteiger partial charge in [-0.25, -0.2) is 4.98 Å². The van der Waals surface area contributed by atoms with E-state index < -0.39 is 0 Å². The van der Waals surface area contributed by atoms with Gasteiger partial charge in [0.25, 0.3) is 11.8 Å². The van der Waals surface area contributed by atoms with E-state index in [1.807, 2.05) is 0 Å². The highest BCUT2D eigenvalue weighted by atomic mass is 16.5. The molecule has 0 unspecified atom stereocenters. The first-order chi connectivity index (χ1) is 17.6. The van der Waals surface area contributed by atoms with Crippen LogP contribution in [0.4, 0.5) is 5.69 Å². The van der Waals surface area contributed by atoms with Crippen molar-refractivity contribution < 1.29 is 23.5 Å². The van der Waals surface area contributed by atoms with Gasteiger partial charge in [-0.15, -0.1) is 0 Å². The Bertz CT molecular complexity index is 1390. The molecule has 4 aromatic rings. The number of methoxy groups -OCH3 is 2. The average Bonchev–Trinajstić information content (AvgIpc) is 3.37. The van der Waals surface area contributed by atoms with Gasteiger partial charge in [0.2, 0.25) is 5.89 Å². The van der Waals surface area contributed by atoms with Gasteiger partial charge < -0.3 is 29.4 Å². The number of piperazine rings is 1. The fraction of sp³-hybridized carbons (Fsp3) is 0.231. The summed E-state index contributed by atoms with van der Waals surface area (Å²) in [4.78, 5) is 36.9. The van der Waals surface area contributed by atoms with E-state index in [1.165, 1.54) is 14.2 Å². The summed E-state index contributed by atoms with van der Waals surface area (Å²) in [6.07, 6.45) is 1.63. The summed E-state index contributed by atoms with van der Waals surface area (Å²) in [7, 11) is 3.04. The second kappa shape index (κ2) is 10.0. The number of hydrogen-bond donors (Lipinski definition) is 2. The van der Waals surface area contributed by atoms with Gasteiger partial charge in [-0.05, 0) is 48.5 Å². The van der Waals surface area contributed by atoms with Crippen LogP contribution in [0, 0.1) is 0 Å². The van der Waals surface area contributed by atoms with E-state index in [-0.39, 0.29) is 11.8 Å². The van der Waals surface area contributed by atoms with Crippen molar-refractivity contribution in [2.45, 2.75) is 0 Å². The zero-order valence-electron chi connectivity index (χ0n) is 19.9. The molecular weight excluding hydrogens is 462 g/mol. The molecule has 0 atom stereocenters. The van der Waals surface area contributed by atoms with Crippen molar-refractivity contribution in [1.29, 1.82) is 0 Å². The molecule has 2 aromatic heterocycles. The lowest BCUT2D eigenvalue weighted by atomic mass is 10.1. The Balaban J connectivity index is 1.51. The van der Waals surface area contributed by atoms with Crippen LogP contribution >= 0.6 is 0 Å². The first kappa shape index (κ1) is 23.3. The molecule has 184 valence electrons. The minimum Gasteiger partial charge on any atom is -0.493 e. The van der Waals surface area contributed by atoms with Crippen LogP contribution in [-0.4, -0.2) is 67.1 Å². The van der Waals surface area contributed by atoms with E-state index in [9.17, 15) is 9.59 Å². The van der Waals surface area contributed by atoms with Gasteiger partial charge in [-0.2, -0.15) is 4.98 Å². The molecule has 0 bridgehead atoms. The Morgan fingerprint density at radius 3 is 2.56 bits per heavy atom. The first-order valence-corrected chi connectivity index (χ1v) is 11.5. The molecule has 2 aromatic carbocycles. The molecule has 0 aliphatic carbocycles. The summed E-state index contributed by atoms with van der Waals surface area (Å²) in [5.41, 5.74) is 2.77. The normalized spacial score (nSPS) is 13.4. The Labute approximate surface area is 207 Å². The molecule has 3 heterocycles. The second-order valence-electron chi connectivity index (χ2n) is 8.21. The molecular formula is C26H25N5O5. The van der Waals surface area contributed by atoms with Crippen molar-refractivity contribution in [3.05, 3.63) is 65.9 Å². The Morgan fingerprint density at radius 1 is 1.00 bits per heavy atom. The molecule has 5 rings (SSSR count). The van der Waals surface area contributed by atoms with E-state index in [0.29, 0.717) is 64.1 Å². The first-order valence-electron chi connectivity index (χ1n) is 11.5. The second-order valence-corrected chi connectivity index (χ2v) is 8.21. The monoisotopic (exact) mass is 487 g/mol. The van der Waals surface area contributed by atoms with Crippen molar-refractivity contribution in [3.8, 4) is 23.0 Å². The molecule has 1 aliphatic heterocycles. The number of carbonyl (C=O) groups is 2. The minimum atomic E-state index is -0.368. The number of nitrogens with zero attached hydrogens (tertiary/aromatic N) is 3. The summed E-state index contributed by atoms with van der Waals surface area (Å²) in [5, 5.41) is 6.13. The maximum Gasteiger partial charge on any atom is 0.255 e. The fourth-order valence-corrected chi connectivity index (χ4v) is 4.07. The highest BCUT2D eigenvalue weighted by Gasteiger charge is 2.21. The lowest BCUT2D eigenvalue weighted by Crippen LogP contribution is -2.46. The van der Waals surface area contributed by atoms with Crippen LogP contribution in [0.3, 0.4) is 0 Å². The third-order valence-corrected chi connectivity index (χ3v) is 5.90. The average molecular weight is 488 g/mol. The number of anilines is 1. The number of aromatic nitrogens is 2. The molecule has 10 nitrogen and oxygen atoms in total. The van der Waals surface area contributed by atoms with Gasteiger partial charge in [0.15, 0.2) is 22.7 Å². The Kier molecular flexibility index (Phi) is 6.50. The van der Waals surface area contributed by atoms with Gasteiger partial charge in [0.1, 0.15) is 0 Å². The van der Waals surface area contributed by atoms with Crippen molar-refractivity contribution in [3.63, 3.8) is 0 Å². The van der Waals surface area contributed by atoms with Crippen LogP contribution in [0.5, 0.6) is 11.5 Å². The molecule has 36 heavy (non-hydrogen) atoms. The fourth-order valence-electron chi connectivity index (χ4n) is 4.07. The lowest BCUT2D eigenvalue weighted by molar-refractivity contribution is 0.0735. The van der Waals surface area contributed by atoms with Crippen LogP contribution in [0.1, 0.15) is 20.7 Å². The minimum absolute atomic E-state index is 0.130. The van der Waals surface area contributed by atoms with E-state index in [0.717, 1.165) is 13.1 Å². The van der Waals surface area contributed by atoms with Gasteiger partial charge >= 0.3 is 0 Å². The highest BCUT2D eigenvalue weighted by Crippen LogP contribution is 2.30. The Morgan fingerprint density at radius 2 is 1.81 bits per heavy atom. The van der Waals surface area contributed by atoms with E-state index in [2.05, 4.69) is 20.6 Å². The van der Waals surface area contributed by atoms with Gasteiger partial charge in [0, 0.05) is 54.8 Å². The number of amides is 2. The zero-order valence-corrected chi connectivity index (χ0v) is 19.9. The van der Waals surface area contributed by atoms with Crippen LogP contribution in [0.15, 0.2) is 59.1 Å². The van der Waals surface area contributed by atoms with E-state index in [4.69, 9.17) is 13.9 Å². The number of hydrogen-bond acceptors (Lipinski definition) is 8. The van der Waals surface area contributed by atoms with Crippen LogP contribution in [0.25, 0.3) is 22.7 Å². The molecule has 1 fully saturated rings. The molecule has 1 saturated heterocycles. The predicted molar refractivity (Wildman–Crippen MR) is 134 cm³/mol. The van der Waals surface area contributed by atoms with Crippen molar-refractivity contribution in [1.82, 2.24) is 20.2 Å². The summed E-state index contributed by atoms with van der Waals surface area (Å²) in [5.74, 6) is 0.763. The summed E-state index contributed by atoms with van der Waals surface area (Å²) in [6, 6.07) is 13.5. The topological polar surface area (TPSA) is 119 Å². The lowest BCUT2D eigenvalue weighted by Gasteiger charge is -2.27. The molecule has 0 spiro atoms. The third kappa shape index (κ3) is 4.71. The molecule has 0 saturated carbocycles. The molecule has 10 heteroatoms. The van der Waals surface area contributed by atoms with E-state index in [1.54, 1.807) is 59.6 Å². The maximum atomic E-state index is 13.3. The summed E-state index contributed by atoms with van der Waals surface area (Å²) in [6.45, 7) is 2.66. The highest BCUT2D eigenvalue weighted by molar-refractivity contribution is 6.06. The van der Waals surface area contributed by atoms with Crippen molar-refractivity contribution in [2.75, 3.05) is 45.7 Å². The molecule has 0 radical (unpaired) electrons. The van der Waals surface area contributed by atoms with Crippen LogP contribution in [-0.2, 0) is 0 Å². The van der Waals surface area contributed by atoms with Crippen molar-refractivity contribution in [2.24, 2.45) is 0 Å². The standard InChI is InChI=1S/C26H25N5O5/c1-34-20-6-5-16(15-22(20)35-2)24(32)29-19-13-17(25-30-23-21(36-25)4-3-7-28-23)12-18(14-19)26(33)31-10-8-27-9-11-31/h3-7,12-15,27H,8-11H2,1-2H3,(H,29,32). The van der Waals surface area contributed by atoms with Crippen LogP contribution < -0.4 is 20.1 Å². The maximum absolute atomic E-state index is 13.3. The smallest absolute Gasteiger partial charge is 0.255 e. The number of nitrogens with one attached hydrogen (secondary N) is 2. The van der Waals surface area contributed by atoms with Gasteiger partial charge in [0.05, 0.1) is 14.2 Å². The van der Waals surface area contributed by atoms with Gasteiger partial charge in [-0.3, -0.25) is 9.59 Å². The number of benzene rings is 2. The summed E-state index contributed by atoms with van der Waals surface area (Å²) < 4.78 is 16.4. The molecule has 2 N–H and O–H groups in total. The molecule has 2 amide bonds.